The first-order valence-electron chi connectivity index (χ1n) is 9.37. The molecule has 0 aliphatic heterocycles. The van der Waals surface area contributed by atoms with E-state index in [1.54, 1.807) is 6.08 Å². The molecule has 0 heterocycles. The maximum absolute atomic E-state index is 9.96. The molecule has 11 heteroatoms. The normalized spacial score (nSPS) is 11.1. The third-order valence-electron chi connectivity index (χ3n) is 4.38. The zero-order chi connectivity index (χ0) is 24.0. The van der Waals surface area contributed by atoms with Gasteiger partial charge in [0.2, 0.25) is 0 Å². The average Bonchev–Trinajstić information content (AvgIpc) is 2.78. The lowest BCUT2D eigenvalue weighted by Gasteiger charge is -2.19. The Morgan fingerprint density at radius 1 is 0.625 bits per heavy atom. The van der Waals surface area contributed by atoms with E-state index in [0.717, 1.165) is 25.7 Å². The van der Waals surface area contributed by atoms with E-state index < -0.39 is 5.75 Å². The van der Waals surface area contributed by atoms with Gasteiger partial charge in [0.1, 0.15) is 20.1 Å². The van der Waals surface area contributed by atoms with Gasteiger partial charge in [-0.15, -0.1) is 6.58 Å². The molecule has 0 radical (unpaired) electrons. The zero-order valence-electron chi connectivity index (χ0n) is 16.5. The van der Waals surface area contributed by atoms with Gasteiger partial charge in [0, 0.05) is 17.7 Å². The predicted octanol–water partition coefficient (Wildman–Crippen LogP) is 10.4. The summed E-state index contributed by atoms with van der Waals surface area (Å²) in [6.45, 7) is 5.20. The molecular weight excluding hydrogens is 584 g/mol. The molecule has 0 fully saturated rings. The minimum atomic E-state index is -0.469. The van der Waals surface area contributed by atoms with Crippen LogP contribution in [0.2, 0.25) is 40.2 Å². The number of phenols is 1. The van der Waals surface area contributed by atoms with Gasteiger partial charge < -0.3 is 14.6 Å². The van der Waals surface area contributed by atoms with Crippen LogP contribution in [0.1, 0.15) is 25.7 Å². The van der Waals surface area contributed by atoms with Crippen LogP contribution in [0.25, 0.3) is 11.1 Å². The molecule has 0 saturated carbocycles. The van der Waals surface area contributed by atoms with Crippen LogP contribution in [0.4, 0.5) is 0 Å². The number of phenolic OH excluding ortho intramolecular Hbond substituents is 1. The summed E-state index contributed by atoms with van der Waals surface area (Å²) < 4.78 is 11.1. The first-order valence-corrected chi connectivity index (χ1v) is 12.4. The lowest BCUT2D eigenvalue weighted by atomic mass is 10.0. The van der Waals surface area contributed by atoms with Crippen molar-refractivity contribution in [2.24, 2.45) is 0 Å². The van der Waals surface area contributed by atoms with Crippen LogP contribution >= 0.6 is 92.8 Å². The van der Waals surface area contributed by atoms with E-state index in [2.05, 4.69) is 6.58 Å². The lowest BCUT2D eigenvalue weighted by Crippen LogP contribution is -2.01. The van der Waals surface area contributed by atoms with Crippen molar-refractivity contribution in [3.63, 3.8) is 0 Å². The quantitative estimate of drug-likeness (QED) is 0.158. The van der Waals surface area contributed by atoms with Crippen LogP contribution < -0.4 is 4.74 Å². The molecule has 3 nitrogen and oxygen atoms in total. The molecule has 0 aliphatic rings. The first-order chi connectivity index (χ1) is 15.1. The predicted molar refractivity (Wildman–Crippen MR) is 139 cm³/mol. The molecule has 0 saturated heterocycles. The topological polar surface area (TPSA) is 38.7 Å². The number of rotatable bonds is 11. The number of benzene rings is 2. The van der Waals surface area contributed by atoms with Crippen molar-refractivity contribution in [2.45, 2.75) is 25.7 Å². The SMILES string of the molecule is C=CCOCCCCCCOc1c(Cl)c(Cl)c(-c2c(Cl)c(Cl)c(O)c(Cl)c2Cl)c(Cl)c1Cl. The van der Waals surface area contributed by atoms with E-state index in [1.807, 2.05) is 0 Å². The second-order valence-electron chi connectivity index (χ2n) is 6.57. The van der Waals surface area contributed by atoms with Crippen LogP contribution in [0.3, 0.4) is 0 Å². The number of halogens is 8. The van der Waals surface area contributed by atoms with Crippen molar-refractivity contribution >= 4 is 92.8 Å². The Morgan fingerprint density at radius 3 is 1.53 bits per heavy atom. The molecule has 0 aliphatic carbocycles. The molecule has 2 aromatic rings. The van der Waals surface area contributed by atoms with Crippen molar-refractivity contribution < 1.29 is 14.6 Å². The van der Waals surface area contributed by atoms with E-state index in [9.17, 15) is 5.11 Å². The van der Waals surface area contributed by atoms with Gasteiger partial charge in [-0.2, -0.15) is 0 Å². The zero-order valence-corrected chi connectivity index (χ0v) is 22.6. The second kappa shape index (κ2) is 13.2. The average molecular weight is 602 g/mol. The van der Waals surface area contributed by atoms with Crippen molar-refractivity contribution in [3.8, 4) is 22.6 Å². The second-order valence-corrected chi connectivity index (χ2v) is 9.59. The monoisotopic (exact) mass is 598 g/mol. The van der Waals surface area contributed by atoms with E-state index in [0.29, 0.717) is 19.8 Å². The molecule has 2 aromatic carbocycles. The van der Waals surface area contributed by atoms with Gasteiger partial charge in [-0.1, -0.05) is 105 Å². The van der Waals surface area contributed by atoms with Gasteiger partial charge in [-0.25, -0.2) is 0 Å². The molecule has 2 rings (SSSR count). The summed E-state index contributed by atoms with van der Waals surface area (Å²) in [5.74, 6) is -0.326. The number of ether oxygens (including phenoxy) is 2. The summed E-state index contributed by atoms with van der Waals surface area (Å²) in [6, 6.07) is 0. The van der Waals surface area contributed by atoms with E-state index in [4.69, 9.17) is 102 Å². The van der Waals surface area contributed by atoms with Crippen molar-refractivity contribution in [3.05, 3.63) is 52.8 Å². The standard InChI is InChI=1S/C21H18Cl8O3/c1-2-7-31-8-5-3-4-6-9-32-21-18(28)14(24)11(15(25)19(21)29)10-12(22)16(26)20(30)17(27)13(10)23/h2,30H,1,3-9H2. The van der Waals surface area contributed by atoms with Crippen LogP contribution in [0.5, 0.6) is 11.5 Å². The van der Waals surface area contributed by atoms with Crippen LogP contribution in [0.15, 0.2) is 12.7 Å². The fraction of sp³-hybridized carbons (Fsp3) is 0.333. The molecule has 176 valence electrons. The maximum atomic E-state index is 9.96. The summed E-state index contributed by atoms with van der Waals surface area (Å²) in [4.78, 5) is 0. The van der Waals surface area contributed by atoms with Crippen LogP contribution in [0, 0.1) is 0 Å². The Kier molecular flexibility index (Phi) is 11.7. The van der Waals surface area contributed by atoms with Crippen molar-refractivity contribution in [1.82, 2.24) is 0 Å². The highest BCUT2D eigenvalue weighted by atomic mass is 35.5. The number of aromatic hydroxyl groups is 1. The summed E-state index contributed by atoms with van der Waals surface area (Å²) in [5.41, 5.74) is 0.208. The summed E-state index contributed by atoms with van der Waals surface area (Å²) in [5, 5.41) is 9.36. The van der Waals surface area contributed by atoms with Gasteiger partial charge in [-0.05, 0) is 19.3 Å². The largest absolute Gasteiger partial charge is 0.505 e. The van der Waals surface area contributed by atoms with Gasteiger partial charge in [0.05, 0.1) is 33.3 Å². The smallest absolute Gasteiger partial charge is 0.159 e. The fourth-order valence-corrected chi connectivity index (χ4v) is 4.96. The molecule has 1 N–H and O–H groups in total. The molecular formula is C21H18Cl8O3. The Balaban J connectivity index is 2.23. The van der Waals surface area contributed by atoms with E-state index in [1.165, 1.54) is 0 Å². The Hall–Kier alpha value is 0.0600. The Labute approximate surface area is 227 Å². The van der Waals surface area contributed by atoms with Crippen molar-refractivity contribution in [2.75, 3.05) is 19.8 Å². The van der Waals surface area contributed by atoms with Crippen molar-refractivity contribution in [1.29, 1.82) is 0 Å². The Morgan fingerprint density at radius 2 is 1.06 bits per heavy atom. The van der Waals surface area contributed by atoms with E-state index >= 15 is 0 Å². The molecule has 0 spiro atoms. The fourth-order valence-electron chi connectivity index (χ4n) is 2.80. The summed E-state index contributed by atoms with van der Waals surface area (Å²) in [7, 11) is 0. The highest BCUT2D eigenvalue weighted by Crippen LogP contribution is 2.56. The molecule has 0 amide bonds. The van der Waals surface area contributed by atoms with Gasteiger partial charge >= 0.3 is 0 Å². The van der Waals surface area contributed by atoms with Gasteiger partial charge in [0.15, 0.2) is 11.5 Å². The summed E-state index contributed by atoms with van der Waals surface area (Å²) in [6.07, 6.45) is 5.35. The minimum Gasteiger partial charge on any atom is -0.505 e. The lowest BCUT2D eigenvalue weighted by molar-refractivity contribution is 0.156. The number of unbranched alkanes of at least 4 members (excludes halogenated alkanes) is 3. The first kappa shape index (κ1) is 28.3. The highest BCUT2D eigenvalue weighted by molar-refractivity contribution is 6.55. The highest BCUT2D eigenvalue weighted by Gasteiger charge is 2.29. The van der Waals surface area contributed by atoms with Crippen LogP contribution in [-0.2, 0) is 4.74 Å². The molecule has 0 unspecified atom stereocenters. The molecule has 32 heavy (non-hydrogen) atoms. The molecule has 0 bridgehead atoms. The third-order valence-corrected chi connectivity index (χ3v) is 7.73. The summed E-state index contributed by atoms with van der Waals surface area (Å²) >= 11 is 50.5. The van der Waals surface area contributed by atoms with Crippen LogP contribution in [-0.4, -0.2) is 24.9 Å². The van der Waals surface area contributed by atoms with E-state index in [-0.39, 0.29) is 57.1 Å². The Bertz CT molecular complexity index is 936. The number of hydrogen-bond acceptors (Lipinski definition) is 3. The maximum Gasteiger partial charge on any atom is 0.159 e. The molecule has 0 aromatic heterocycles. The third kappa shape index (κ3) is 6.38. The number of hydrogen-bond donors (Lipinski definition) is 1. The van der Waals surface area contributed by atoms with Gasteiger partial charge in [-0.3, -0.25) is 0 Å². The molecule has 0 atom stereocenters. The minimum absolute atomic E-state index is 0.00272. The van der Waals surface area contributed by atoms with Gasteiger partial charge in [0.25, 0.3) is 0 Å².